The number of piperidine rings is 1. The smallest absolute Gasteiger partial charge is 0.282 e. The summed E-state index contributed by atoms with van der Waals surface area (Å²) in [5.41, 5.74) is 0. The molecule has 30 heavy (non-hydrogen) atoms. The monoisotopic (exact) mass is 440 g/mol. The lowest BCUT2D eigenvalue weighted by atomic mass is 9.94. The van der Waals surface area contributed by atoms with Crippen LogP contribution in [0.15, 0.2) is 0 Å². The first-order chi connectivity index (χ1) is 14.4. The first kappa shape index (κ1) is 22.0. The van der Waals surface area contributed by atoms with E-state index in [1.165, 1.54) is 6.42 Å². The van der Waals surface area contributed by atoms with Gasteiger partial charge in [-0.2, -0.15) is 17.0 Å². The molecule has 170 valence electrons. The molecule has 8 nitrogen and oxygen atoms in total. The van der Waals surface area contributed by atoms with Crippen LogP contribution in [0, 0.1) is 11.8 Å². The summed E-state index contributed by atoms with van der Waals surface area (Å²) in [6.07, 6.45) is 8.74. The number of hydrogen-bond donors (Lipinski definition) is 0. The molecule has 9 heteroatoms. The maximum absolute atomic E-state index is 13.0. The van der Waals surface area contributed by atoms with Crippen LogP contribution in [0.25, 0.3) is 0 Å². The number of carbonyl (C=O) groups is 2. The number of carbonyl (C=O) groups excluding carboxylic acids is 2. The van der Waals surface area contributed by atoms with Gasteiger partial charge in [-0.3, -0.25) is 9.59 Å². The highest BCUT2D eigenvalue weighted by atomic mass is 32.2. The van der Waals surface area contributed by atoms with Crippen LogP contribution >= 0.6 is 0 Å². The second-order valence-corrected chi connectivity index (χ2v) is 11.4. The Kier molecular flexibility index (Phi) is 6.70. The second kappa shape index (κ2) is 9.12. The minimum atomic E-state index is -3.47. The van der Waals surface area contributed by atoms with E-state index in [2.05, 4.69) is 0 Å². The molecule has 0 N–H and O–H groups in total. The average Bonchev–Trinajstić information content (AvgIpc) is 3.64. The van der Waals surface area contributed by atoms with Gasteiger partial charge < -0.3 is 9.80 Å². The predicted octanol–water partition coefficient (Wildman–Crippen LogP) is 1.29. The van der Waals surface area contributed by atoms with Gasteiger partial charge in [-0.1, -0.05) is 19.3 Å². The summed E-state index contributed by atoms with van der Waals surface area (Å²) in [5, 5.41) is 0. The molecule has 4 fully saturated rings. The van der Waals surface area contributed by atoms with Gasteiger partial charge in [0, 0.05) is 64.2 Å². The number of rotatable bonds is 5. The molecule has 2 saturated carbocycles. The van der Waals surface area contributed by atoms with Crippen molar-refractivity contribution >= 4 is 22.0 Å². The number of piperazine rings is 1. The quantitative estimate of drug-likeness (QED) is 0.645. The standard InChI is InChI=1S/C21H36N4O4S/c1-22(19-5-3-2-4-6-19)30(28,29)25-15-13-24(14-16-25)21(27)18-9-11-23(12-10-18)20(26)17-7-8-17/h17-19H,2-16H2,1H3. The molecule has 0 aromatic rings. The highest BCUT2D eigenvalue weighted by Crippen LogP contribution is 2.33. The Morgan fingerprint density at radius 1 is 0.700 bits per heavy atom. The number of nitrogens with zero attached hydrogens (tertiary/aromatic N) is 4. The summed E-state index contributed by atoms with van der Waals surface area (Å²) in [5.74, 6) is 0.591. The fraction of sp³-hybridized carbons (Fsp3) is 0.905. The van der Waals surface area contributed by atoms with Crippen molar-refractivity contribution in [3.63, 3.8) is 0 Å². The maximum Gasteiger partial charge on any atom is 0.282 e. The highest BCUT2D eigenvalue weighted by Gasteiger charge is 2.39. The van der Waals surface area contributed by atoms with Crippen LogP contribution in [0.1, 0.15) is 57.8 Å². The molecular weight excluding hydrogens is 404 g/mol. The molecule has 0 radical (unpaired) electrons. The molecule has 2 aliphatic carbocycles. The Morgan fingerprint density at radius 2 is 1.20 bits per heavy atom. The largest absolute Gasteiger partial charge is 0.342 e. The van der Waals surface area contributed by atoms with Crippen molar-refractivity contribution < 1.29 is 18.0 Å². The normalized spacial score (nSPS) is 25.7. The van der Waals surface area contributed by atoms with Crippen LogP contribution in [-0.2, 0) is 19.8 Å². The Bertz CT molecular complexity index is 732. The van der Waals surface area contributed by atoms with E-state index in [1.807, 2.05) is 9.80 Å². The van der Waals surface area contributed by atoms with Crippen molar-refractivity contribution in [2.24, 2.45) is 11.8 Å². The van der Waals surface area contributed by atoms with Crippen LogP contribution in [0.4, 0.5) is 0 Å². The van der Waals surface area contributed by atoms with Gasteiger partial charge in [-0.15, -0.1) is 0 Å². The van der Waals surface area contributed by atoms with Gasteiger partial charge in [0.05, 0.1) is 0 Å². The van der Waals surface area contributed by atoms with Crippen molar-refractivity contribution in [3.05, 3.63) is 0 Å². The summed E-state index contributed by atoms with van der Waals surface area (Å²) in [7, 11) is -1.76. The second-order valence-electron chi connectivity index (χ2n) is 9.41. The van der Waals surface area contributed by atoms with Crippen molar-refractivity contribution in [1.82, 2.24) is 18.4 Å². The molecule has 4 rings (SSSR count). The number of hydrogen-bond acceptors (Lipinski definition) is 4. The van der Waals surface area contributed by atoms with E-state index in [0.29, 0.717) is 39.3 Å². The number of likely N-dealkylation sites (tertiary alicyclic amines) is 1. The fourth-order valence-corrected chi connectivity index (χ4v) is 6.72. The predicted molar refractivity (Wildman–Crippen MR) is 114 cm³/mol. The lowest BCUT2D eigenvalue weighted by Gasteiger charge is -2.40. The van der Waals surface area contributed by atoms with Crippen molar-refractivity contribution in [2.75, 3.05) is 46.3 Å². The zero-order valence-electron chi connectivity index (χ0n) is 18.2. The maximum atomic E-state index is 13.0. The third-order valence-corrected chi connectivity index (χ3v) is 9.46. The van der Waals surface area contributed by atoms with E-state index >= 15 is 0 Å². The number of amides is 2. The summed E-state index contributed by atoms with van der Waals surface area (Å²) in [4.78, 5) is 28.9. The zero-order valence-corrected chi connectivity index (χ0v) is 19.0. The summed E-state index contributed by atoms with van der Waals surface area (Å²) >= 11 is 0. The van der Waals surface area contributed by atoms with Gasteiger partial charge >= 0.3 is 0 Å². The van der Waals surface area contributed by atoms with E-state index < -0.39 is 10.2 Å². The molecule has 2 amide bonds. The van der Waals surface area contributed by atoms with Crippen molar-refractivity contribution in [3.8, 4) is 0 Å². The Balaban J connectivity index is 1.25. The van der Waals surface area contributed by atoms with Gasteiger partial charge in [0.15, 0.2) is 0 Å². The van der Waals surface area contributed by atoms with Crippen molar-refractivity contribution in [2.45, 2.75) is 63.8 Å². The minimum absolute atomic E-state index is 0.0404. The molecule has 2 heterocycles. The fourth-order valence-electron chi connectivity index (χ4n) is 5.15. The molecule has 0 aromatic carbocycles. The van der Waals surface area contributed by atoms with Crippen molar-refractivity contribution in [1.29, 1.82) is 0 Å². The lowest BCUT2D eigenvalue weighted by Crippen LogP contribution is -2.56. The van der Waals surface area contributed by atoms with Gasteiger partial charge in [-0.25, -0.2) is 0 Å². The molecule has 2 aliphatic heterocycles. The minimum Gasteiger partial charge on any atom is -0.342 e. The summed E-state index contributed by atoms with van der Waals surface area (Å²) < 4.78 is 29.2. The average molecular weight is 441 g/mol. The summed E-state index contributed by atoms with van der Waals surface area (Å²) in [6.45, 7) is 2.99. The lowest BCUT2D eigenvalue weighted by molar-refractivity contribution is -0.142. The van der Waals surface area contributed by atoms with Crippen LogP contribution in [0.3, 0.4) is 0 Å². The Labute approximate surface area is 180 Å². The van der Waals surface area contributed by atoms with E-state index in [1.54, 1.807) is 15.7 Å². The highest BCUT2D eigenvalue weighted by molar-refractivity contribution is 7.86. The molecule has 0 unspecified atom stereocenters. The first-order valence-corrected chi connectivity index (χ1v) is 13.1. The van der Waals surface area contributed by atoms with Crippen LogP contribution < -0.4 is 0 Å². The first-order valence-electron chi connectivity index (χ1n) is 11.7. The van der Waals surface area contributed by atoms with E-state index in [0.717, 1.165) is 51.4 Å². The van der Waals surface area contributed by atoms with Gasteiger partial charge in [0.2, 0.25) is 11.8 Å². The molecule has 0 aromatic heterocycles. The SMILES string of the molecule is CN(C1CCCCC1)S(=O)(=O)N1CCN(C(=O)C2CCN(C(=O)C3CC3)CC2)CC1. The molecule has 2 saturated heterocycles. The van der Waals surface area contributed by atoms with Gasteiger partial charge in [0.1, 0.15) is 0 Å². The topological polar surface area (TPSA) is 81.2 Å². The van der Waals surface area contributed by atoms with E-state index in [-0.39, 0.29) is 29.7 Å². The van der Waals surface area contributed by atoms with E-state index in [4.69, 9.17) is 0 Å². The third kappa shape index (κ3) is 4.67. The summed E-state index contributed by atoms with van der Waals surface area (Å²) in [6, 6.07) is 0.104. The third-order valence-electron chi connectivity index (χ3n) is 7.41. The molecular formula is C21H36N4O4S. The Hall–Kier alpha value is -1.19. The van der Waals surface area contributed by atoms with Crippen LogP contribution in [-0.4, -0.2) is 91.0 Å². The molecule has 4 aliphatic rings. The van der Waals surface area contributed by atoms with Gasteiger partial charge in [-0.05, 0) is 38.5 Å². The molecule has 0 bridgehead atoms. The molecule has 0 spiro atoms. The Morgan fingerprint density at radius 3 is 1.73 bits per heavy atom. The van der Waals surface area contributed by atoms with E-state index in [9.17, 15) is 18.0 Å². The van der Waals surface area contributed by atoms with Gasteiger partial charge in [0.25, 0.3) is 10.2 Å². The van der Waals surface area contributed by atoms with Crippen LogP contribution in [0.5, 0.6) is 0 Å². The van der Waals surface area contributed by atoms with Crippen LogP contribution in [0.2, 0.25) is 0 Å². The molecule has 0 atom stereocenters. The zero-order chi connectivity index (χ0) is 21.3.